The number of aryl methyl sites for hydroxylation is 1. The first-order chi connectivity index (χ1) is 9.97. The lowest BCUT2D eigenvalue weighted by Gasteiger charge is -2.14. The van der Waals surface area contributed by atoms with Crippen molar-refractivity contribution >= 4 is 5.69 Å². The van der Waals surface area contributed by atoms with Gasteiger partial charge in [-0.25, -0.2) is 0 Å². The van der Waals surface area contributed by atoms with Gasteiger partial charge in [0.2, 0.25) is 0 Å². The molecule has 4 nitrogen and oxygen atoms in total. The molecule has 1 aromatic heterocycles. The minimum absolute atomic E-state index is 0.458. The summed E-state index contributed by atoms with van der Waals surface area (Å²) in [5, 5.41) is 8.06. The van der Waals surface area contributed by atoms with Gasteiger partial charge in [0.15, 0.2) is 0 Å². The summed E-state index contributed by atoms with van der Waals surface area (Å²) in [5.74, 6) is 0.458. The van der Waals surface area contributed by atoms with Gasteiger partial charge in [0.25, 0.3) is 0 Å². The summed E-state index contributed by atoms with van der Waals surface area (Å²) in [4.78, 5) is 2.13. The first-order valence-corrected chi connectivity index (χ1v) is 7.46. The van der Waals surface area contributed by atoms with Crippen LogP contribution in [-0.2, 0) is 20.1 Å². The highest BCUT2D eigenvalue weighted by atomic mass is 15.3. The second-order valence-electron chi connectivity index (χ2n) is 6.04. The van der Waals surface area contributed by atoms with Crippen LogP contribution in [0.25, 0.3) is 0 Å². The van der Waals surface area contributed by atoms with Crippen molar-refractivity contribution in [3.05, 3.63) is 47.3 Å². The van der Waals surface area contributed by atoms with Gasteiger partial charge >= 0.3 is 0 Å². The van der Waals surface area contributed by atoms with Crippen LogP contribution in [0.4, 0.5) is 5.69 Å². The summed E-state index contributed by atoms with van der Waals surface area (Å²) < 4.78 is 1.90. The zero-order valence-corrected chi connectivity index (χ0v) is 13.7. The number of rotatable bonds is 6. The summed E-state index contributed by atoms with van der Waals surface area (Å²) in [6.45, 7) is 6.10. The van der Waals surface area contributed by atoms with E-state index in [4.69, 9.17) is 0 Å². The highest BCUT2D eigenvalue weighted by Crippen LogP contribution is 2.17. The SMILES string of the molecule is CC(C)c1nn(C)cc1CNCc1cccc(N(C)C)c1. The molecule has 2 aromatic rings. The fraction of sp³-hybridized carbons (Fsp3) is 0.471. The Kier molecular flexibility index (Phi) is 5.02. The third-order valence-corrected chi connectivity index (χ3v) is 3.56. The molecule has 4 heteroatoms. The molecule has 0 aliphatic carbocycles. The highest BCUT2D eigenvalue weighted by Gasteiger charge is 2.10. The van der Waals surface area contributed by atoms with E-state index in [0.29, 0.717) is 5.92 Å². The summed E-state index contributed by atoms with van der Waals surface area (Å²) in [6.07, 6.45) is 2.11. The minimum atomic E-state index is 0.458. The van der Waals surface area contributed by atoms with Gasteiger partial charge in [-0.3, -0.25) is 4.68 Å². The van der Waals surface area contributed by atoms with E-state index in [1.165, 1.54) is 22.5 Å². The van der Waals surface area contributed by atoms with Crippen LogP contribution in [0.3, 0.4) is 0 Å². The van der Waals surface area contributed by atoms with Crippen LogP contribution in [0.1, 0.15) is 36.6 Å². The van der Waals surface area contributed by atoms with Crippen molar-refractivity contribution in [2.75, 3.05) is 19.0 Å². The van der Waals surface area contributed by atoms with Crippen LogP contribution in [-0.4, -0.2) is 23.9 Å². The second kappa shape index (κ2) is 6.76. The summed E-state index contributed by atoms with van der Waals surface area (Å²) in [5.41, 5.74) is 5.01. The van der Waals surface area contributed by atoms with Crippen molar-refractivity contribution in [3.63, 3.8) is 0 Å². The average Bonchev–Trinajstić information content (AvgIpc) is 2.80. The van der Waals surface area contributed by atoms with E-state index < -0.39 is 0 Å². The molecule has 1 heterocycles. The van der Waals surface area contributed by atoms with Gasteiger partial charge in [-0.1, -0.05) is 26.0 Å². The van der Waals surface area contributed by atoms with E-state index >= 15 is 0 Å². The minimum Gasteiger partial charge on any atom is -0.378 e. The zero-order valence-electron chi connectivity index (χ0n) is 13.7. The quantitative estimate of drug-likeness (QED) is 0.886. The van der Waals surface area contributed by atoms with Crippen LogP contribution in [0, 0.1) is 0 Å². The molecule has 0 aliphatic heterocycles. The van der Waals surface area contributed by atoms with E-state index in [9.17, 15) is 0 Å². The molecule has 2 rings (SSSR count). The predicted molar refractivity (Wildman–Crippen MR) is 88.6 cm³/mol. The molecule has 114 valence electrons. The smallest absolute Gasteiger partial charge is 0.0694 e. The Morgan fingerprint density at radius 1 is 1.24 bits per heavy atom. The fourth-order valence-electron chi connectivity index (χ4n) is 2.46. The fourth-order valence-corrected chi connectivity index (χ4v) is 2.46. The van der Waals surface area contributed by atoms with E-state index in [0.717, 1.165) is 13.1 Å². The Morgan fingerprint density at radius 2 is 2.00 bits per heavy atom. The summed E-state index contributed by atoms with van der Waals surface area (Å²) >= 11 is 0. The topological polar surface area (TPSA) is 33.1 Å². The van der Waals surface area contributed by atoms with Crippen molar-refractivity contribution in [2.45, 2.75) is 32.9 Å². The number of hydrogen-bond acceptors (Lipinski definition) is 3. The van der Waals surface area contributed by atoms with Gasteiger partial charge in [0.1, 0.15) is 0 Å². The molecular weight excluding hydrogens is 260 g/mol. The summed E-state index contributed by atoms with van der Waals surface area (Å²) in [7, 11) is 6.12. The van der Waals surface area contributed by atoms with Crippen LogP contribution in [0.5, 0.6) is 0 Å². The molecule has 0 fully saturated rings. The van der Waals surface area contributed by atoms with Gasteiger partial charge in [0, 0.05) is 51.7 Å². The van der Waals surface area contributed by atoms with Gasteiger partial charge in [0.05, 0.1) is 5.69 Å². The lowest BCUT2D eigenvalue weighted by atomic mass is 10.1. The number of benzene rings is 1. The van der Waals surface area contributed by atoms with Gasteiger partial charge < -0.3 is 10.2 Å². The molecule has 0 aliphatic rings. The second-order valence-corrected chi connectivity index (χ2v) is 6.04. The molecule has 1 aromatic carbocycles. The number of nitrogens with zero attached hydrogens (tertiary/aromatic N) is 3. The van der Waals surface area contributed by atoms with Crippen molar-refractivity contribution in [1.82, 2.24) is 15.1 Å². The van der Waals surface area contributed by atoms with E-state index in [1.807, 2.05) is 11.7 Å². The Balaban J connectivity index is 1.97. The van der Waals surface area contributed by atoms with E-state index in [1.54, 1.807) is 0 Å². The van der Waals surface area contributed by atoms with Crippen molar-refractivity contribution in [2.24, 2.45) is 7.05 Å². The largest absolute Gasteiger partial charge is 0.378 e. The van der Waals surface area contributed by atoms with Crippen molar-refractivity contribution in [3.8, 4) is 0 Å². The lowest BCUT2D eigenvalue weighted by Crippen LogP contribution is -2.14. The number of hydrogen-bond donors (Lipinski definition) is 1. The van der Waals surface area contributed by atoms with Crippen LogP contribution in [0.2, 0.25) is 0 Å². The zero-order chi connectivity index (χ0) is 15.4. The Labute approximate surface area is 127 Å². The molecule has 0 saturated carbocycles. The first-order valence-electron chi connectivity index (χ1n) is 7.46. The normalized spacial score (nSPS) is 11.1. The maximum Gasteiger partial charge on any atom is 0.0694 e. The maximum atomic E-state index is 4.54. The first kappa shape index (κ1) is 15.6. The molecule has 0 bridgehead atoms. The molecule has 0 amide bonds. The molecule has 0 spiro atoms. The molecule has 21 heavy (non-hydrogen) atoms. The molecule has 1 N–H and O–H groups in total. The van der Waals surface area contributed by atoms with Crippen molar-refractivity contribution in [1.29, 1.82) is 0 Å². The molecule has 0 saturated heterocycles. The maximum absolute atomic E-state index is 4.54. The molecule has 0 unspecified atom stereocenters. The highest BCUT2D eigenvalue weighted by molar-refractivity contribution is 5.47. The lowest BCUT2D eigenvalue weighted by molar-refractivity contribution is 0.678. The number of anilines is 1. The Hall–Kier alpha value is -1.81. The van der Waals surface area contributed by atoms with Crippen LogP contribution < -0.4 is 10.2 Å². The molecule has 0 atom stereocenters. The average molecular weight is 286 g/mol. The van der Waals surface area contributed by atoms with Gasteiger partial charge in [-0.2, -0.15) is 5.10 Å². The third-order valence-electron chi connectivity index (χ3n) is 3.56. The Morgan fingerprint density at radius 3 is 2.67 bits per heavy atom. The molecule has 0 radical (unpaired) electrons. The van der Waals surface area contributed by atoms with Gasteiger partial charge in [-0.15, -0.1) is 0 Å². The molecular formula is C17H26N4. The monoisotopic (exact) mass is 286 g/mol. The van der Waals surface area contributed by atoms with Crippen LogP contribution >= 0.6 is 0 Å². The van der Waals surface area contributed by atoms with Crippen LogP contribution in [0.15, 0.2) is 30.5 Å². The number of aromatic nitrogens is 2. The van der Waals surface area contributed by atoms with E-state index in [-0.39, 0.29) is 0 Å². The van der Waals surface area contributed by atoms with E-state index in [2.05, 4.69) is 73.7 Å². The standard InChI is InChI=1S/C17H26N4/c1-13(2)17-15(12-21(5)19-17)11-18-10-14-7-6-8-16(9-14)20(3)4/h6-9,12-13,18H,10-11H2,1-5H3. The van der Waals surface area contributed by atoms with Crippen molar-refractivity contribution < 1.29 is 0 Å². The van der Waals surface area contributed by atoms with Gasteiger partial charge in [-0.05, 0) is 23.6 Å². The Bertz CT molecular complexity index is 584. The third kappa shape index (κ3) is 4.08. The number of nitrogens with one attached hydrogen (secondary N) is 1. The summed E-state index contributed by atoms with van der Waals surface area (Å²) in [6, 6.07) is 8.61. The predicted octanol–water partition coefficient (Wildman–Crippen LogP) is 2.90.